The van der Waals surface area contributed by atoms with E-state index in [-0.39, 0.29) is 6.42 Å². The monoisotopic (exact) mass is 271 g/mol. The van der Waals surface area contributed by atoms with Gasteiger partial charge in [-0.2, -0.15) is 5.48 Å². The van der Waals surface area contributed by atoms with Crippen molar-refractivity contribution < 1.29 is 14.7 Å². The summed E-state index contributed by atoms with van der Waals surface area (Å²) in [5, 5.41) is 8.69. The van der Waals surface area contributed by atoms with Gasteiger partial charge in [-0.05, 0) is 16.7 Å². The van der Waals surface area contributed by atoms with Crippen molar-refractivity contribution in [3.05, 3.63) is 71.3 Å². The van der Waals surface area contributed by atoms with Crippen LogP contribution >= 0.6 is 0 Å². The largest absolute Gasteiger partial charge is 0.481 e. The molecule has 0 aliphatic rings. The summed E-state index contributed by atoms with van der Waals surface area (Å²) >= 11 is 0. The van der Waals surface area contributed by atoms with E-state index in [1.54, 1.807) is 0 Å². The first-order valence-corrected chi connectivity index (χ1v) is 6.42. The van der Waals surface area contributed by atoms with Crippen molar-refractivity contribution in [1.82, 2.24) is 5.48 Å². The second kappa shape index (κ2) is 7.43. The highest BCUT2D eigenvalue weighted by Crippen LogP contribution is 2.05. The molecule has 20 heavy (non-hydrogen) atoms. The van der Waals surface area contributed by atoms with Crippen molar-refractivity contribution in [1.29, 1.82) is 0 Å². The summed E-state index contributed by atoms with van der Waals surface area (Å²) in [6, 6.07) is 17.4. The van der Waals surface area contributed by atoms with E-state index in [0.29, 0.717) is 13.2 Å². The van der Waals surface area contributed by atoms with E-state index in [0.717, 1.165) is 16.7 Å². The molecule has 104 valence electrons. The third kappa shape index (κ3) is 4.84. The number of benzene rings is 2. The summed E-state index contributed by atoms with van der Waals surface area (Å²) in [4.78, 5) is 15.9. The topological polar surface area (TPSA) is 58.6 Å². The Kier molecular flexibility index (Phi) is 5.29. The molecule has 0 spiro atoms. The zero-order valence-electron chi connectivity index (χ0n) is 11.1. The molecule has 0 radical (unpaired) electrons. The molecule has 0 saturated heterocycles. The van der Waals surface area contributed by atoms with Crippen LogP contribution in [-0.2, 0) is 29.2 Å². The normalized spacial score (nSPS) is 10.4. The van der Waals surface area contributed by atoms with E-state index < -0.39 is 5.97 Å². The first-order valence-electron chi connectivity index (χ1n) is 6.42. The van der Waals surface area contributed by atoms with Crippen LogP contribution in [-0.4, -0.2) is 11.1 Å². The number of hydrogen-bond donors (Lipinski definition) is 2. The Morgan fingerprint density at radius 3 is 2.25 bits per heavy atom. The van der Waals surface area contributed by atoms with Crippen LogP contribution in [0.4, 0.5) is 0 Å². The molecule has 4 heteroatoms. The standard InChI is InChI=1S/C16H17NO3/c18-16(19)10-13-6-8-14(9-7-13)11-17-20-12-15-4-2-1-3-5-15/h1-9,17H,10-12H2,(H,18,19). The second-order valence-electron chi connectivity index (χ2n) is 4.48. The van der Waals surface area contributed by atoms with Crippen molar-refractivity contribution in [3.8, 4) is 0 Å². The van der Waals surface area contributed by atoms with Gasteiger partial charge in [-0.1, -0.05) is 54.6 Å². The number of carboxylic acid groups (broad SMARTS) is 1. The maximum absolute atomic E-state index is 10.6. The molecule has 0 aromatic heterocycles. The molecule has 2 rings (SSSR count). The van der Waals surface area contributed by atoms with Crippen molar-refractivity contribution in [2.75, 3.05) is 0 Å². The van der Waals surface area contributed by atoms with Crippen LogP contribution in [0.15, 0.2) is 54.6 Å². The predicted octanol–water partition coefficient (Wildman–Crippen LogP) is 2.54. The molecule has 0 amide bonds. The highest BCUT2D eigenvalue weighted by atomic mass is 16.6. The SMILES string of the molecule is O=C(O)Cc1ccc(CNOCc2ccccc2)cc1. The molecular formula is C16H17NO3. The molecule has 2 aromatic rings. The van der Waals surface area contributed by atoms with E-state index in [9.17, 15) is 4.79 Å². The van der Waals surface area contributed by atoms with Gasteiger partial charge >= 0.3 is 5.97 Å². The fraction of sp³-hybridized carbons (Fsp3) is 0.188. The van der Waals surface area contributed by atoms with Gasteiger partial charge in [0.25, 0.3) is 0 Å². The minimum atomic E-state index is -0.818. The Hall–Kier alpha value is -2.17. The van der Waals surface area contributed by atoms with E-state index in [1.165, 1.54) is 0 Å². The lowest BCUT2D eigenvalue weighted by Crippen LogP contribution is -2.13. The van der Waals surface area contributed by atoms with Gasteiger partial charge in [-0.15, -0.1) is 0 Å². The maximum atomic E-state index is 10.6. The highest BCUT2D eigenvalue weighted by molar-refractivity contribution is 5.70. The van der Waals surface area contributed by atoms with Gasteiger partial charge in [-0.3, -0.25) is 9.63 Å². The van der Waals surface area contributed by atoms with Gasteiger partial charge in [0, 0.05) is 6.54 Å². The van der Waals surface area contributed by atoms with Crippen LogP contribution in [0.1, 0.15) is 16.7 Å². The van der Waals surface area contributed by atoms with Crippen LogP contribution in [0.25, 0.3) is 0 Å². The maximum Gasteiger partial charge on any atom is 0.307 e. The van der Waals surface area contributed by atoms with Gasteiger partial charge in [0.1, 0.15) is 0 Å². The quantitative estimate of drug-likeness (QED) is 0.600. The molecule has 2 aromatic carbocycles. The summed E-state index contributed by atoms with van der Waals surface area (Å²) in [6.07, 6.45) is 0.0538. The molecule has 0 saturated carbocycles. The van der Waals surface area contributed by atoms with Gasteiger partial charge in [0.2, 0.25) is 0 Å². The number of nitrogens with one attached hydrogen (secondary N) is 1. The fourth-order valence-electron chi connectivity index (χ4n) is 1.79. The van der Waals surface area contributed by atoms with Crippen molar-refractivity contribution in [2.24, 2.45) is 0 Å². The van der Waals surface area contributed by atoms with Crippen LogP contribution in [0.5, 0.6) is 0 Å². The number of hydroxylamine groups is 1. The average Bonchev–Trinajstić information content (AvgIpc) is 2.46. The number of carboxylic acids is 1. The molecule has 0 aliphatic carbocycles. The molecule has 2 N–H and O–H groups in total. The summed E-state index contributed by atoms with van der Waals surface area (Å²) in [7, 11) is 0. The molecule has 0 heterocycles. The van der Waals surface area contributed by atoms with Crippen LogP contribution in [0.2, 0.25) is 0 Å². The molecule has 0 aliphatic heterocycles. The Labute approximate surface area is 118 Å². The summed E-state index contributed by atoms with van der Waals surface area (Å²) in [5.41, 5.74) is 5.85. The van der Waals surface area contributed by atoms with E-state index in [4.69, 9.17) is 9.94 Å². The highest BCUT2D eigenvalue weighted by Gasteiger charge is 2.00. The summed E-state index contributed by atoms with van der Waals surface area (Å²) in [5.74, 6) is -0.818. The number of carbonyl (C=O) groups is 1. The van der Waals surface area contributed by atoms with Gasteiger partial charge < -0.3 is 5.11 Å². The van der Waals surface area contributed by atoms with Gasteiger partial charge in [-0.25, -0.2) is 0 Å². The van der Waals surface area contributed by atoms with Crippen molar-refractivity contribution in [3.63, 3.8) is 0 Å². The lowest BCUT2D eigenvalue weighted by atomic mass is 10.1. The van der Waals surface area contributed by atoms with E-state index in [1.807, 2.05) is 54.6 Å². The van der Waals surface area contributed by atoms with Gasteiger partial charge in [0.15, 0.2) is 0 Å². The van der Waals surface area contributed by atoms with Crippen LogP contribution in [0, 0.1) is 0 Å². The Balaban J connectivity index is 1.73. The van der Waals surface area contributed by atoms with Crippen LogP contribution in [0.3, 0.4) is 0 Å². The van der Waals surface area contributed by atoms with Gasteiger partial charge in [0.05, 0.1) is 13.0 Å². The van der Waals surface area contributed by atoms with E-state index >= 15 is 0 Å². The molecule has 4 nitrogen and oxygen atoms in total. The third-order valence-corrected chi connectivity index (χ3v) is 2.84. The summed E-state index contributed by atoms with van der Waals surface area (Å²) in [6.45, 7) is 1.10. The Morgan fingerprint density at radius 1 is 0.950 bits per heavy atom. The third-order valence-electron chi connectivity index (χ3n) is 2.84. The van der Waals surface area contributed by atoms with Crippen LogP contribution < -0.4 is 5.48 Å². The van der Waals surface area contributed by atoms with Crippen molar-refractivity contribution >= 4 is 5.97 Å². The Morgan fingerprint density at radius 2 is 1.60 bits per heavy atom. The molecule has 0 unspecified atom stereocenters. The zero-order chi connectivity index (χ0) is 14.2. The number of rotatable bonds is 7. The number of hydrogen-bond acceptors (Lipinski definition) is 3. The second-order valence-corrected chi connectivity index (χ2v) is 4.48. The zero-order valence-corrected chi connectivity index (χ0v) is 11.1. The summed E-state index contributed by atoms with van der Waals surface area (Å²) < 4.78 is 0. The predicted molar refractivity (Wildman–Crippen MR) is 75.9 cm³/mol. The van der Waals surface area contributed by atoms with Crippen molar-refractivity contribution in [2.45, 2.75) is 19.6 Å². The number of aliphatic carboxylic acids is 1. The minimum absolute atomic E-state index is 0.0538. The first kappa shape index (κ1) is 14.2. The molecule has 0 atom stereocenters. The average molecular weight is 271 g/mol. The molecular weight excluding hydrogens is 254 g/mol. The van der Waals surface area contributed by atoms with E-state index in [2.05, 4.69) is 5.48 Å². The molecule has 0 bridgehead atoms. The smallest absolute Gasteiger partial charge is 0.307 e. The lowest BCUT2D eigenvalue weighted by Gasteiger charge is -2.06. The minimum Gasteiger partial charge on any atom is -0.481 e. The fourth-order valence-corrected chi connectivity index (χ4v) is 1.79. The first-order chi connectivity index (χ1) is 9.74. The Bertz CT molecular complexity index is 537. The lowest BCUT2D eigenvalue weighted by molar-refractivity contribution is -0.136. The molecule has 0 fully saturated rings.